The molecule has 17 heavy (non-hydrogen) atoms. The summed E-state index contributed by atoms with van der Waals surface area (Å²) < 4.78 is 25.8. The van der Waals surface area contributed by atoms with Crippen LogP contribution in [0.1, 0.15) is 18.9 Å². The molecule has 2 N–H and O–H groups in total. The van der Waals surface area contributed by atoms with Crippen molar-refractivity contribution in [3.8, 4) is 0 Å². The summed E-state index contributed by atoms with van der Waals surface area (Å²) in [6, 6.07) is 8.96. The molecule has 5 nitrogen and oxygen atoms in total. The van der Waals surface area contributed by atoms with Gasteiger partial charge in [-0.2, -0.15) is 8.42 Å². The van der Waals surface area contributed by atoms with Crippen LogP contribution in [0.5, 0.6) is 0 Å². The minimum atomic E-state index is -3.78. The number of rotatable bonds is 4. The minimum Gasteiger partial charge on any atom is -0.346 e. The first kappa shape index (κ1) is 13.7. The van der Waals surface area contributed by atoms with Crippen LogP contribution in [0.4, 0.5) is 0 Å². The van der Waals surface area contributed by atoms with Crippen LogP contribution >= 0.6 is 0 Å². The molecule has 0 aliphatic rings. The Balaban J connectivity index is 2.77. The van der Waals surface area contributed by atoms with Gasteiger partial charge in [-0.25, -0.2) is 0 Å². The third kappa shape index (κ3) is 4.54. The highest BCUT2D eigenvalue weighted by atomic mass is 32.2. The molecule has 0 aliphatic heterocycles. The fourth-order valence-corrected chi connectivity index (χ4v) is 1.82. The molecule has 1 rings (SSSR count). The zero-order valence-corrected chi connectivity index (χ0v) is 10.5. The van der Waals surface area contributed by atoms with Crippen molar-refractivity contribution in [1.29, 1.82) is 0 Å². The number of carbonyl (C=O) groups excluding carboxylic acids is 1. The van der Waals surface area contributed by atoms with Crippen LogP contribution in [0.15, 0.2) is 30.3 Å². The van der Waals surface area contributed by atoms with Crippen molar-refractivity contribution in [3.05, 3.63) is 35.9 Å². The van der Waals surface area contributed by atoms with E-state index >= 15 is 0 Å². The average molecular weight is 257 g/mol. The molecule has 0 radical (unpaired) electrons. The molecule has 0 heterocycles. The van der Waals surface area contributed by atoms with Crippen LogP contribution < -0.4 is 5.73 Å². The maximum Gasteiger partial charge on any atom is 0.324 e. The van der Waals surface area contributed by atoms with E-state index in [1.807, 2.05) is 6.07 Å². The second-order valence-electron chi connectivity index (χ2n) is 4.12. The van der Waals surface area contributed by atoms with Gasteiger partial charge in [0.25, 0.3) is 0 Å². The summed E-state index contributed by atoms with van der Waals surface area (Å²) in [5.41, 5.74) is 5.75. The monoisotopic (exact) mass is 257 g/mol. The first-order valence-electron chi connectivity index (χ1n) is 4.97. The van der Waals surface area contributed by atoms with Crippen molar-refractivity contribution < 1.29 is 17.4 Å². The lowest BCUT2D eigenvalue weighted by molar-refractivity contribution is -0.135. The fourth-order valence-electron chi connectivity index (χ4n) is 1.42. The maximum absolute atomic E-state index is 11.4. The molecular formula is C11H15NO4S. The molecule has 94 valence electrons. The Labute approximate surface area is 101 Å². The van der Waals surface area contributed by atoms with E-state index in [0.29, 0.717) is 0 Å². The van der Waals surface area contributed by atoms with Crippen LogP contribution in [0.3, 0.4) is 0 Å². The van der Waals surface area contributed by atoms with Crippen LogP contribution in [0.2, 0.25) is 0 Å². The summed E-state index contributed by atoms with van der Waals surface area (Å²) >= 11 is 0. The normalized spacial score (nSPS) is 15.0. The molecule has 1 atom stereocenters. The predicted octanol–water partition coefficient (Wildman–Crippen LogP) is 0.753. The first-order valence-corrected chi connectivity index (χ1v) is 6.79. The van der Waals surface area contributed by atoms with Crippen molar-refractivity contribution in [2.45, 2.75) is 18.9 Å². The molecule has 1 aromatic carbocycles. The van der Waals surface area contributed by atoms with E-state index < -0.39 is 21.6 Å². The van der Waals surface area contributed by atoms with E-state index in [1.54, 1.807) is 31.2 Å². The van der Waals surface area contributed by atoms with Gasteiger partial charge in [0.2, 0.25) is 0 Å². The number of hydrogen-bond acceptors (Lipinski definition) is 5. The highest BCUT2D eigenvalue weighted by Gasteiger charge is 2.27. The lowest BCUT2D eigenvalue weighted by Crippen LogP contribution is -2.36. The Hall–Kier alpha value is -1.40. The summed E-state index contributed by atoms with van der Waals surface area (Å²) in [7, 11) is -3.78. The second-order valence-corrected chi connectivity index (χ2v) is 5.69. The van der Waals surface area contributed by atoms with Crippen molar-refractivity contribution in [2.24, 2.45) is 5.73 Å². The lowest BCUT2D eigenvalue weighted by atomic mass is 9.90. The molecule has 0 bridgehead atoms. The first-order chi connectivity index (χ1) is 7.71. The van der Waals surface area contributed by atoms with Crippen molar-refractivity contribution in [2.75, 3.05) is 6.26 Å². The molecule has 0 unspecified atom stereocenters. The molecule has 0 aliphatic carbocycles. The summed E-state index contributed by atoms with van der Waals surface area (Å²) in [6.07, 6.45) is 0.616. The third-order valence-corrected chi connectivity index (χ3v) is 2.68. The largest absolute Gasteiger partial charge is 0.346 e. The van der Waals surface area contributed by atoms with Crippen molar-refractivity contribution in [1.82, 2.24) is 0 Å². The summed E-state index contributed by atoms with van der Waals surface area (Å²) in [4.78, 5) is 11.4. The summed E-state index contributed by atoms with van der Waals surface area (Å²) in [6.45, 7) is 1.64. The minimum absolute atomic E-state index is 0.204. The van der Waals surface area contributed by atoms with Gasteiger partial charge in [0, 0.05) is 5.54 Å². The van der Waals surface area contributed by atoms with Crippen molar-refractivity contribution >= 4 is 16.1 Å². The Morgan fingerprint density at radius 1 is 1.35 bits per heavy atom. The van der Waals surface area contributed by atoms with Gasteiger partial charge >= 0.3 is 16.1 Å². The highest BCUT2D eigenvalue weighted by Crippen LogP contribution is 2.21. The second kappa shape index (κ2) is 4.85. The van der Waals surface area contributed by atoms with E-state index in [1.165, 1.54) is 0 Å². The highest BCUT2D eigenvalue weighted by molar-refractivity contribution is 7.86. The molecule has 0 fully saturated rings. The van der Waals surface area contributed by atoms with E-state index in [4.69, 9.17) is 5.73 Å². The number of carbonyl (C=O) groups is 1. The number of benzene rings is 1. The molecule has 0 amide bonds. The van der Waals surface area contributed by atoms with Gasteiger partial charge in [-0.15, -0.1) is 0 Å². The maximum atomic E-state index is 11.4. The lowest BCUT2D eigenvalue weighted by Gasteiger charge is -2.23. The van der Waals surface area contributed by atoms with Gasteiger partial charge in [-0.1, -0.05) is 30.3 Å². The number of nitrogens with two attached hydrogens (primary N) is 1. The van der Waals surface area contributed by atoms with Gasteiger partial charge in [0.05, 0.1) is 12.7 Å². The molecule has 1 aromatic rings. The number of hydrogen-bond donors (Lipinski definition) is 1. The van der Waals surface area contributed by atoms with Crippen LogP contribution in [-0.2, 0) is 24.6 Å². The zero-order chi connectivity index (χ0) is 13.1. The Morgan fingerprint density at radius 2 is 1.88 bits per heavy atom. The molecule has 0 spiro atoms. The fraction of sp³-hybridized carbons (Fsp3) is 0.364. The molecule has 6 heteroatoms. The van der Waals surface area contributed by atoms with Crippen molar-refractivity contribution in [3.63, 3.8) is 0 Å². The zero-order valence-electron chi connectivity index (χ0n) is 9.71. The van der Waals surface area contributed by atoms with Gasteiger partial charge in [0.15, 0.2) is 0 Å². The van der Waals surface area contributed by atoms with Gasteiger partial charge in [-0.05, 0) is 12.5 Å². The molecule has 0 aromatic heterocycles. The van der Waals surface area contributed by atoms with Gasteiger partial charge < -0.3 is 9.92 Å². The Kier molecular flexibility index (Phi) is 3.90. The van der Waals surface area contributed by atoms with Crippen LogP contribution in [-0.4, -0.2) is 20.6 Å². The van der Waals surface area contributed by atoms with E-state index in [2.05, 4.69) is 4.18 Å². The van der Waals surface area contributed by atoms with Gasteiger partial charge in [-0.3, -0.25) is 4.79 Å². The summed E-state index contributed by atoms with van der Waals surface area (Å²) in [5.74, 6) is -0.860. The Morgan fingerprint density at radius 3 is 2.35 bits per heavy atom. The van der Waals surface area contributed by atoms with Gasteiger partial charge in [0.1, 0.15) is 0 Å². The topological polar surface area (TPSA) is 86.5 Å². The predicted molar refractivity (Wildman–Crippen MR) is 63.5 cm³/mol. The van der Waals surface area contributed by atoms with E-state index in [0.717, 1.165) is 11.8 Å². The molecule has 0 saturated carbocycles. The average Bonchev–Trinajstić information content (AvgIpc) is 2.15. The van der Waals surface area contributed by atoms with E-state index in [-0.39, 0.29) is 6.42 Å². The van der Waals surface area contributed by atoms with E-state index in [9.17, 15) is 13.2 Å². The van der Waals surface area contributed by atoms with Crippen LogP contribution in [0.25, 0.3) is 0 Å². The standard InChI is InChI=1S/C11H15NO4S/c1-11(12,9-6-4-3-5-7-9)8-10(13)16-17(2,14)15/h3-7H,8,12H2,1-2H3/t11-/m1/s1. The molecular weight excluding hydrogens is 242 g/mol. The smallest absolute Gasteiger partial charge is 0.324 e. The third-order valence-electron chi connectivity index (χ3n) is 2.19. The SMILES string of the molecule is C[C@@](N)(CC(=O)OS(C)(=O)=O)c1ccccc1. The Bertz CT molecular complexity index is 493. The summed E-state index contributed by atoms with van der Waals surface area (Å²) in [5, 5.41) is 0. The quantitative estimate of drug-likeness (QED) is 0.804. The van der Waals surface area contributed by atoms with Crippen LogP contribution in [0, 0.1) is 0 Å². The molecule has 0 saturated heterocycles.